The van der Waals surface area contributed by atoms with E-state index < -0.39 is 13.5 Å². The summed E-state index contributed by atoms with van der Waals surface area (Å²) in [6.07, 6.45) is 0. The van der Waals surface area contributed by atoms with Crippen LogP contribution < -0.4 is 10.8 Å². The molecular formula is C8H10NO4P. The Morgan fingerprint density at radius 1 is 1.43 bits per heavy atom. The first-order valence-corrected chi connectivity index (χ1v) is 5.44. The molecule has 0 spiro atoms. The van der Waals surface area contributed by atoms with Crippen LogP contribution >= 0.6 is 7.60 Å². The number of carbonyl (C=O) groups is 1. The minimum absolute atomic E-state index is 0.133. The van der Waals surface area contributed by atoms with Crippen LogP contribution in [0.2, 0.25) is 0 Å². The second-order valence-electron chi connectivity index (χ2n) is 2.61. The maximum Gasteiger partial charge on any atom is 0.379 e. The SMILES string of the molecule is CC(=O)NOP(=O)(O)c1ccccc1. The molecule has 1 unspecified atom stereocenters. The van der Waals surface area contributed by atoms with Crippen molar-refractivity contribution in [2.45, 2.75) is 6.92 Å². The van der Waals surface area contributed by atoms with Crippen LogP contribution in [0.1, 0.15) is 6.92 Å². The van der Waals surface area contributed by atoms with E-state index in [1.807, 2.05) is 5.48 Å². The van der Waals surface area contributed by atoms with Crippen molar-refractivity contribution in [3.63, 3.8) is 0 Å². The first-order valence-electron chi connectivity index (χ1n) is 3.86. The van der Waals surface area contributed by atoms with Crippen LogP contribution in [0.4, 0.5) is 0 Å². The van der Waals surface area contributed by atoms with E-state index in [-0.39, 0.29) is 5.30 Å². The zero-order valence-corrected chi connectivity index (χ0v) is 8.40. The van der Waals surface area contributed by atoms with Gasteiger partial charge in [0, 0.05) is 6.92 Å². The average Bonchev–Trinajstić information content (AvgIpc) is 2.16. The van der Waals surface area contributed by atoms with Crippen molar-refractivity contribution in [3.8, 4) is 0 Å². The first-order chi connectivity index (χ1) is 6.52. The fraction of sp³-hybridized carbons (Fsp3) is 0.125. The Bertz CT molecular complexity index is 365. The summed E-state index contributed by atoms with van der Waals surface area (Å²) >= 11 is 0. The predicted molar refractivity (Wildman–Crippen MR) is 50.8 cm³/mol. The molecule has 1 aromatic rings. The summed E-state index contributed by atoms with van der Waals surface area (Å²) in [7, 11) is -3.93. The molecule has 0 radical (unpaired) electrons. The highest BCUT2D eigenvalue weighted by Crippen LogP contribution is 2.38. The Hall–Kier alpha value is -1.16. The highest BCUT2D eigenvalue weighted by molar-refractivity contribution is 7.61. The molecule has 0 aliphatic carbocycles. The first kappa shape index (κ1) is 10.9. The lowest BCUT2D eigenvalue weighted by molar-refractivity contribution is -0.125. The van der Waals surface area contributed by atoms with Gasteiger partial charge in [-0.1, -0.05) is 18.2 Å². The number of benzene rings is 1. The van der Waals surface area contributed by atoms with Gasteiger partial charge in [-0.2, -0.15) is 4.62 Å². The largest absolute Gasteiger partial charge is 0.379 e. The molecule has 1 atom stereocenters. The molecule has 6 heteroatoms. The smallest absolute Gasteiger partial charge is 0.320 e. The summed E-state index contributed by atoms with van der Waals surface area (Å²) < 4.78 is 15.8. The monoisotopic (exact) mass is 215 g/mol. The molecule has 1 rings (SSSR count). The molecule has 0 aromatic heterocycles. The molecule has 0 heterocycles. The third kappa shape index (κ3) is 2.96. The molecule has 0 saturated carbocycles. The number of hydroxylamine groups is 1. The molecule has 1 amide bonds. The van der Waals surface area contributed by atoms with Crippen LogP contribution in [-0.2, 0) is 14.0 Å². The fourth-order valence-corrected chi connectivity index (χ4v) is 1.70. The topological polar surface area (TPSA) is 75.6 Å². The highest BCUT2D eigenvalue weighted by Gasteiger charge is 2.23. The van der Waals surface area contributed by atoms with Gasteiger partial charge < -0.3 is 4.89 Å². The Morgan fingerprint density at radius 3 is 2.50 bits per heavy atom. The summed E-state index contributed by atoms with van der Waals surface area (Å²) in [6.45, 7) is 1.19. The van der Waals surface area contributed by atoms with E-state index in [2.05, 4.69) is 4.62 Å². The summed E-state index contributed by atoms with van der Waals surface area (Å²) in [5, 5.41) is 0.133. The normalized spacial score (nSPS) is 14.4. The van der Waals surface area contributed by atoms with Crippen LogP contribution in [-0.4, -0.2) is 10.8 Å². The number of hydrogen-bond donors (Lipinski definition) is 2. The van der Waals surface area contributed by atoms with Gasteiger partial charge in [0.15, 0.2) is 0 Å². The van der Waals surface area contributed by atoms with Gasteiger partial charge in [-0.3, -0.25) is 9.36 Å². The van der Waals surface area contributed by atoms with Gasteiger partial charge in [0.25, 0.3) is 0 Å². The molecule has 2 N–H and O–H groups in total. The Balaban J connectivity index is 2.76. The van der Waals surface area contributed by atoms with Crippen molar-refractivity contribution in [1.82, 2.24) is 5.48 Å². The standard InChI is InChI=1S/C8H10NO4P/c1-7(10)9-13-14(11,12)8-5-3-2-4-6-8/h2-6H,1H3,(H,9,10)(H,11,12). The molecule has 14 heavy (non-hydrogen) atoms. The summed E-state index contributed by atoms with van der Waals surface area (Å²) in [5.74, 6) is -0.532. The Labute approximate surface area is 81.2 Å². The van der Waals surface area contributed by atoms with Crippen molar-refractivity contribution in [3.05, 3.63) is 30.3 Å². The van der Waals surface area contributed by atoms with E-state index in [4.69, 9.17) is 0 Å². The van der Waals surface area contributed by atoms with Crippen LogP contribution in [0.15, 0.2) is 30.3 Å². The van der Waals surface area contributed by atoms with Gasteiger partial charge in [-0.25, -0.2) is 5.48 Å². The summed E-state index contributed by atoms with van der Waals surface area (Å²) in [4.78, 5) is 19.8. The average molecular weight is 215 g/mol. The quantitative estimate of drug-likeness (QED) is 0.570. The zero-order valence-electron chi connectivity index (χ0n) is 7.51. The molecule has 0 aliphatic rings. The number of nitrogens with one attached hydrogen (secondary N) is 1. The van der Waals surface area contributed by atoms with E-state index in [1.54, 1.807) is 18.2 Å². The van der Waals surface area contributed by atoms with E-state index in [9.17, 15) is 14.3 Å². The lowest BCUT2D eigenvalue weighted by atomic mass is 10.4. The third-order valence-corrected chi connectivity index (χ3v) is 2.69. The second-order valence-corrected chi connectivity index (χ2v) is 4.35. The fourth-order valence-electron chi connectivity index (χ4n) is 0.795. The summed E-state index contributed by atoms with van der Waals surface area (Å²) in [5.41, 5.74) is 1.83. The molecule has 5 nitrogen and oxygen atoms in total. The van der Waals surface area contributed by atoms with Crippen molar-refractivity contribution in [2.24, 2.45) is 0 Å². The third-order valence-electron chi connectivity index (χ3n) is 1.40. The number of amides is 1. The molecular weight excluding hydrogens is 205 g/mol. The van der Waals surface area contributed by atoms with E-state index >= 15 is 0 Å². The van der Waals surface area contributed by atoms with Crippen molar-refractivity contribution >= 4 is 18.8 Å². The summed E-state index contributed by atoms with van der Waals surface area (Å²) in [6, 6.07) is 7.82. The van der Waals surface area contributed by atoms with Crippen LogP contribution in [0, 0.1) is 0 Å². The van der Waals surface area contributed by atoms with Gasteiger partial charge >= 0.3 is 7.60 Å². The van der Waals surface area contributed by atoms with Gasteiger partial charge in [-0.05, 0) is 12.1 Å². The van der Waals surface area contributed by atoms with Crippen LogP contribution in [0.3, 0.4) is 0 Å². The minimum Gasteiger partial charge on any atom is -0.320 e. The van der Waals surface area contributed by atoms with Crippen LogP contribution in [0.5, 0.6) is 0 Å². The molecule has 0 saturated heterocycles. The molecule has 0 fully saturated rings. The van der Waals surface area contributed by atoms with E-state index in [0.29, 0.717) is 0 Å². The second kappa shape index (κ2) is 4.37. The zero-order chi connectivity index (χ0) is 10.6. The van der Waals surface area contributed by atoms with Crippen molar-refractivity contribution in [2.75, 3.05) is 0 Å². The molecule has 0 aliphatic heterocycles. The van der Waals surface area contributed by atoms with Crippen LogP contribution in [0.25, 0.3) is 0 Å². The molecule has 0 bridgehead atoms. The highest BCUT2D eigenvalue weighted by atomic mass is 31.2. The van der Waals surface area contributed by atoms with Gasteiger partial charge in [0.1, 0.15) is 0 Å². The van der Waals surface area contributed by atoms with Gasteiger partial charge in [-0.15, -0.1) is 0 Å². The molecule has 76 valence electrons. The van der Waals surface area contributed by atoms with E-state index in [0.717, 1.165) is 0 Å². The number of carbonyl (C=O) groups excluding carboxylic acids is 1. The lowest BCUT2D eigenvalue weighted by Gasteiger charge is -2.10. The van der Waals surface area contributed by atoms with Crippen molar-refractivity contribution < 1.29 is 18.9 Å². The lowest BCUT2D eigenvalue weighted by Crippen LogP contribution is -2.21. The molecule has 1 aromatic carbocycles. The maximum atomic E-state index is 11.4. The predicted octanol–water partition coefficient (Wildman–Crippen LogP) is 0.565. The van der Waals surface area contributed by atoms with E-state index in [1.165, 1.54) is 19.1 Å². The van der Waals surface area contributed by atoms with Gasteiger partial charge in [0.05, 0.1) is 5.30 Å². The minimum atomic E-state index is -3.93. The Kier molecular flexibility index (Phi) is 3.41. The maximum absolute atomic E-state index is 11.4. The number of hydrogen-bond acceptors (Lipinski definition) is 3. The van der Waals surface area contributed by atoms with Crippen molar-refractivity contribution in [1.29, 1.82) is 0 Å². The van der Waals surface area contributed by atoms with Gasteiger partial charge in [0.2, 0.25) is 5.91 Å². The Morgan fingerprint density at radius 2 is 2.00 bits per heavy atom. The number of rotatable bonds is 3.